The molecule has 0 fully saturated rings. The highest BCUT2D eigenvalue weighted by Crippen LogP contribution is 2.43. The van der Waals surface area contributed by atoms with Crippen LogP contribution in [-0.2, 0) is 14.4 Å². The van der Waals surface area contributed by atoms with E-state index in [-0.39, 0.29) is 5.71 Å². The van der Waals surface area contributed by atoms with Crippen molar-refractivity contribution in [1.82, 2.24) is 0 Å². The molecule has 0 aromatic heterocycles. The average Bonchev–Trinajstić information content (AvgIpc) is 3.15. The molecule has 4 nitrogen and oxygen atoms in total. The molecule has 0 radical (unpaired) electrons. The van der Waals surface area contributed by atoms with Gasteiger partial charge in [-0.1, -0.05) is 84.0 Å². The molecule has 0 N–H and O–H groups in total. The third-order valence-electron chi connectivity index (χ3n) is 5.36. The quantitative estimate of drug-likeness (QED) is 0.364. The van der Waals surface area contributed by atoms with Crippen LogP contribution in [0.1, 0.15) is 16.7 Å². The van der Waals surface area contributed by atoms with Gasteiger partial charge in [0.25, 0.3) is 0 Å². The Hall–Kier alpha value is -3.65. The lowest BCUT2D eigenvalue weighted by molar-refractivity contribution is -0.0540. The van der Waals surface area contributed by atoms with E-state index in [9.17, 15) is 21.6 Å². The van der Waals surface area contributed by atoms with Crippen LogP contribution in [-0.4, -0.2) is 19.6 Å². The number of alkyl halides is 3. The molecule has 0 amide bonds. The Balaban J connectivity index is 1.71. The van der Waals surface area contributed by atoms with E-state index >= 15 is 0 Å². The summed E-state index contributed by atoms with van der Waals surface area (Å²) in [6.45, 7) is 0. The summed E-state index contributed by atoms with van der Waals surface area (Å²) in [7, 11) is -5.90. The summed E-state index contributed by atoms with van der Waals surface area (Å²) >= 11 is 0. The van der Waals surface area contributed by atoms with Crippen molar-refractivity contribution < 1.29 is 25.9 Å². The van der Waals surface area contributed by atoms with E-state index in [1.54, 1.807) is 12.2 Å². The molecule has 0 aliphatic heterocycles. The molecule has 32 heavy (non-hydrogen) atoms. The normalized spacial score (nSPS) is 16.8. The van der Waals surface area contributed by atoms with Crippen molar-refractivity contribution in [2.24, 2.45) is 5.16 Å². The SMILES string of the molecule is O=S(=O)(ON=C1C2=Cc3ccccc3C2=CC=C1c1cccc2ccccc12)C(F)(F)F. The van der Waals surface area contributed by atoms with Crippen LogP contribution in [0.25, 0.3) is 28.0 Å². The Morgan fingerprint density at radius 2 is 1.41 bits per heavy atom. The zero-order valence-electron chi connectivity index (χ0n) is 16.3. The standard InChI is InChI=1S/C24H14F3NO3S/c25-24(26,27)32(29,30)31-28-23-21(19-11-5-8-15-6-1-3-9-17(15)19)13-12-20-18-10-4-2-7-16(18)14-22(20)23/h1-14H. The number of nitrogens with zero attached hydrogens (tertiary/aromatic N) is 1. The van der Waals surface area contributed by atoms with Crippen LogP contribution in [0.2, 0.25) is 0 Å². The maximum atomic E-state index is 12.9. The largest absolute Gasteiger partial charge is 0.536 e. The highest BCUT2D eigenvalue weighted by atomic mass is 32.2. The number of allylic oxidation sites excluding steroid dienone is 5. The third-order valence-corrected chi connectivity index (χ3v) is 6.20. The van der Waals surface area contributed by atoms with Crippen LogP contribution in [0.15, 0.2) is 89.6 Å². The van der Waals surface area contributed by atoms with Gasteiger partial charge in [-0.2, -0.15) is 21.6 Å². The van der Waals surface area contributed by atoms with Crippen molar-refractivity contribution >= 4 is 43.8 Å². The highest BCUT2D eigenvalue weighted by Gasteiger charge is 2.49. The Morgan fingerprint density at radius 3 is 2.22 bits per heavy atom. The van der Waals surface area contributed by atoms with Gasteiger partial charge in [-0.15, -0.1) is 0 Å². The van der Waals surface area contributed by atoms with Gasteiger partial charge in [0.1, 0.15) is 5.71 Å². The van der Waals surface area contributed by atoms with Crippen molar-refractivity contribution in [3.05, 3.63) is 101 Å². The second-order valence-corrected chi connectivity index (χ2v) is 8.77. The Kier molecular flexibility index (Phi) is 4.56. The van der Waals surface area contributed by atoms with E-state index in [0.29, 0.717) is 16.7 Å². The maximum absolute atomic E-state index is 12.9. The molecule has 8 heteroatoms. The molecule has 160 valence electrons. The fourth-order valence-electron chi connectivity index (χ4n) is 3.92. The molecule has 2 aliphatic rings. The minimum Gasteiger partial charge on any atom is -0.261 e. The lowest BCUT2D eigenvalue weighted by atomic mass is 9.85. The van der Waals surface area contributed by atoms with Gasteiger partial charge in [0.2, 0.25) is 0 Å². The van der Waals surface area contributed by atoms with Crippen molar-refractivity contribution in [3.63, 3.8) is 0 Å². The summed E-state index contributed by atoms with van der Waals surface area (Å²) in [6.07, 6.45) is 5.34. The molecule has 3 aromatic carbocycles. The van der Waals surface area contributed by atoms with Crippen molar-refractivity contribution in [3.8, 4) is 0 Å². The zero-order valence-corrected chi connectivity index (χ0v) is 17.1. The number of fused-ring (bicyclic) bond motifs is 4. The van der Waals surface area contributed by atoms with Crippen LogP contribution in [0.5, 0.6) is 0 Å². The maximum Gasteiger partial charge on any atom is 0.536 e. The van der Waals surface area contributed by atoms with E-state index < -0.39 is 15.6 Å². The molecule has 0 unspecified atom stereocenters. The van der Waals surface area contributed by atoms with E-state index in [2.05, 4.69) is 9.44 Å². The minimum absolute atomic E-state index is 0.0166. The topological polar surface area (TPSA) is 55.7 Å². The summed E-state index contributed by atoms with van der Waals surface area (Å²) < 4.78 is 65.9. The highest BCUT2D eigenvalue weighted by molar-refractivity contribution is 7.87. The molecule has 2 aliphatic carbocycles. The summed E-state index contributed by atoms with van der Waals surface area (Å²) in [5, 5.41) is 5.31. The Morgan fingerprint density at radius 1 is 0.750 bits per heavy atom. The summed E-state index contributed by atoms with van der Waals surface area (Å²) in [6, 6.07) is 20.5. The molecule has 0 atom stereocenters. The number of hydrogen-bond donors (Lipinski definition) is 0. The average molecular weight is 453 g/mol. The number of oxime groups is 1. The lowest BCUT2D eigenvalue weighted by Gasteiger charge is -2.19. The Bertz CT molecular complexity index is 1490. The predicted octanol–water partition coefficient (Wildman–Crippen LogP) is 5.94. The van der Waals surface area contributed by atoms with Crippen molar-refractivity contribution in [2.45, 2.75) is 5.51 Å². The van der Waals surface area contributed by atoms with E-state index in [0.717, 1.165) is 27.5 Å². The van der Waals surface area contributed by atoms with Gasteiger partial charge in [0.05, 0.1) is 0 Å². The van der Waals surface area contributed by atoms with E-state index in [1.807, 2.05) is 72.8 Å². The molecule has 3 aromatic rings. The first-order valence-corrected chi connectivity index (χ1v) is 11.0. The summed E-state index contributed by atoms with van der Waals surface area (Å²) in [4.78, 5) is 0. The molecule has 0 bridgehead atoms. The predicted molar refractivity (Wildman–Crippen MR) is 118 cm³/mol. The van der Waals surface area contributed by atoms with Crippen LogP contribution in [0.3, 0.4) is 0 Å². The first-order chi connectivity index (χ1) is 15.3. The monoisotopic (exact) mass is 453 g/mol. The Labute approximate surface area is 181 Å². The van der Waals surface area contributed by atoms with Crippen molar-refractivity contribution in [2.75, 3.05) is 0 Å². The van der Waals surface area contributed by atoms with E-state index in [4.69, 9.17) is 0 Å². The van der Waals surface area contributed by atoms with E-state index in [1.165, 1.54) is 0 Å². The molecular weight excluding hydrogens is 439 g/mol. The first kappa shape index (κ1) is 20.3. The zero-order chi connectivity index (χ0) is 22.5. The first-order valence-electron chi connectivity index (χ1n) is 9.56. The van der Waals surface area contributed by atoms with Crippen LogP contribution in [0, 0.1) is 0 Å². The van der Waals surface area contributed by atoms with Crippen LogP contribution in [0.4, 0.5) is 13.2 Å². The van der Waals surface area contributed by atoms with Crippen LogP contribution >= 0.6 is 0 Å². The fourth-order valence-corrected chi connectivity index (χ4v) is 4.17. The molecule has 0 saturated heterocycles. The molecule has 5 rings (SSSR count). The summed E-state index contributed by atoms with van der Waals surface area (Å²) in [5.74, 6) is 0. The number of hydrogen-bond acceptors (Lipinski definition) is 4. The smallest absolute Gasteiger partial charge is 0.261 e. The van der Waals surface area contributed by atoms with Crippen LogP contribution < -0.4 is 0 Å². The number of halogens is 3. The molecule has 0 spiro atoms. The molecule has 0 heterocycles. The second kappa shape index (κ2) is 7.20. The van der Waals surface area contributed by atoms with Gasteiger partial charge in [0.15, 0.2) is 0 Å². The molecule has 0 saturated carbocycles. The third kappa shape index (κ3) is 3.23. The van der Waals surface area contributed by atoms with Gasteiger partial charge in [0, 0.05) is 11.1 Å². The second-order valence-electron chi connectivity index (χ2n) is 7.25. The molecular formula is C24H14F3NO3S. The van der Waals surface area contributed by atoms with Gasteiger partial charge < -0.3 is 0 Å². The fraction of sp³-hybridized carbons (Fsp3) is 0.0417. The number of benzene rings is 3. The van der Waals surface area contributed by atoms with Gasteiger partial charge in [-0.3, -0.25) is 4.28 Å². The van der Waals surface area contributed by atoms with Gasteiger partial charge >= 0.3 is 15.6 Å². The van der Waals surface area contributed by atoms with Gasteiger partial charge in [-0.25, -0.2) is 0 Å². The lowest BCUT2D eigenvalue weighted by Crippen LogP contribution is -2.24. The van der Waals surface area contributed by atoms with Gasteiger partial charge in [-0.05, 0) is 39.1 Å². The van der Waals surface area contributed by atoms with Crippen molar-refractivity contribution in [1.29, 1.82) is 0 Å². The minimum atomic E-state index is -5.90. The number of rotatable bonds is 3. The summed E-state index contributed by atoms with van der Waals surface area (Å²) in [5.41, 5.74) is -1.45.